The van der Waals surface area contributed by atoms with E-state index in [1.165, 1.54) is 0 Å². The van der Waals surface area contributed by atoms with Crippen molar-refractivity contribution < 1.29 is 9.59 Å². The zero-order valence-corrected chi connectivity index (χ0v) is 16.5. The lowest BCUT2D eigenvalue weighted by Crippen LogP contribution is -2.40. The molecule has 0 bridgehead atoms. The fourth-order valence-corrected chi connectivity index (χ4v) is 2.83. The van der Waals surface area contributed by atoms with E-state index in [1.807, 2.05) is 26.8 Å². The second-order valence-electron chi connectivity index (χ2n) is 7.02. The standard InChI is InChI=1S/C20H22Cl2N2O2/c1-20(2,3)24-19(26)15-6-4-14(5-7-15)18(25)23-11-10-13-8-9-16(21)12-17(13)22/h4-9,12H,10-11H2,1-3H3,(H,23,25)(H,24,26). The predicted octanol–water partition coefficient (Wildman–Crippen LogP) is 4.49. The molecule has 0 heterocycles. The average molecular weight is 393 g/mol. The molecule has 138 valence electrons. The van der Waals surface area contributed by atoms with Crippen molar-refractivity contribution in [3.63, 3.8) is 0 Å². The molecule has 2 rings (SSSR count). The van der Waals surface area contributed by atoms with Crippen molar-refractivity contribution >= 4 is 35.0 Å². The Morgan fingerprint density at radius 2 is 1.50 bits per heavy atom. The molecular weight excluding hydrogens is 371 g/mol. The van der Waals surface area contributed by atoms with Gasteiger partial charge in [0.2, 0.25) is 0 Å². The summed E-state index contributed by atoms with van der Waals surface area (Å²) in [6, 6.07) is 11.9. The third-order valence-corrected chi connectivity index (χ3v) is 4.18. The Kier molecular flexibility index (Phi) is 6.68. The normalized spacial score (nSPS) is 11.1. The summed E-state index contributed by atoms with van der Waals surface area (Å²) in [6.07, 6.45) is 0.605. The number of rotatable bonds is 5. The van der Waals surface area contributed by atoms with Crippen LogP contribution in [0.3, 0.4) is 0 Å². The molecule has 0 saturated carbocycles. The van der Waals surface area contributed by atoms with E-state index < -0.39 is 0 Å². The molecule has 0 aliphatic heterocycles. The Bertz CT molecular complexity index is 796. The maximum atomic E-state index is 12.2. The minimum absolute atomic E-state index is 0.165. The first kappa shape index (κ1) is 20.3. The zero-order valence-electron chi connectivity index (χ0n) is 15.0. The molecule has 2 amide bonds. The Morgan fingerprint density at radius 3 is 2.04 bits per heavy atom. The lowest BCUT2D eigenvalue weighted by molar-refractivity contribution is 0.0915. The van der Waals surface area contributed by atoms with Crippen LogP contribution in [0.25, 0.3) is 0 Å². The van der Waals surface area contributed by atoms with Gasteiger partial charge in [-0.3, -0.25) is 9.59 Å². The molecule has 0 radical (unpaired) electrons. The second-order valence-corrected chi connectivity index (χ2v) is 7.87. The molecule has 0 spiro atoms. The molecule has 0 atom stereocenters. The third kappa shape index (κ3) is 6.04. The van der Waals surface area contributed by atoms with Crippen molar-refractivity contribution in [3.05, 3.63) is 69.2 Å². The van der Waals surface area contributed by atoms with Gasteiger partial charge in [-0.25, -0.2) is 0 Å². The van der Waals surface area contributed by atoms with E-state index in [1.54, 1.807) is 36.4 Å². The minimum Gasteiger partial charge on any atom is -0.352 e. The van der Waals surface area contributed by atoms with Crippen LogP contribution in [0.4, 0.5) is 0 Å². The Morgan fingerprint density at radius 1 is 0.923 bits per heavy atom. The number of benzene rings is 2. The van der Waals surface area contributed by atoms with Gasteiger partial charge in [0.05, 0.1) is 0 Å². The highest BCUT2D eigenvalue weighted by atomic mass is 35.5. The molecule has 0 fully saturated rings. The maximum absolute atomic E-state index is 12.2. The Labute approximate surface area is 163 Å². The number of hydrogen-bond donors (Lipinski definition) is 2. The number of hydrogen-bond acceptors (Lipinski definition) is 2. The molecule has 2 aromatic rings. The lowest BCUT2D eigenvalue weighted by atomic mass is 10.1. The quantitative estimate of drug-likeness (QED) is 0.786. The van der Waals surface area contributed by atoms with Gasteiger partial charge in [0, 0.05) is 33.3 Å². The number of carbonyl (C=O) groups is 2. The number of carbonyl (C=O) groups excluding carboxylic acids is 2. The predicted molar refractivity (Wildman–Crippen MR) is 106 cm³/mol. The third-order valence-electron chi connectivity index (χ3n) is 3.59. The molecule has 26 heavy (non-hydrogen) atoms. The molecule has 0 saturated heterocycles. The van der Waals surface area contributed by atoms with Crippen LogP contribution in [0.1, 0.15) is 47.1 Å². The molecule has 2 aromatic carbocycles. The fourth-order valence-electron chi connectivity index (χ4n) is 2.32. The highest BCUT2D eigenvalue weighted by Crippen LogP contribution is 2.21. The highest BCUT2D eigenvalue weighted by Gasteiger charge is 2.15. The number of nitrogens with one attached hydrogen (secondary N) is 2. The van der Waals surface area contributed by atoms with Crippen molar-refractivity contribution in [2.24, 2.45) is 0 Å². The molecule has 0 aromatic heterocycles. The maximum Gasteiger partial charge on any atom is 0.251 e. The SMILES string of the molecule is CC(C)(C)NC(=O)c1ccc(C(=O)NCCc2ccc(Cl)cc2Cl)cc1. The van der Waals surface area contributed by atoms with Gasteiger partial charge in [-0.2, -0.15) is 0 Å². The van der Waals surface area contributed by atoms with E-state index >= 15 is 0 Å². The summed E-state index contributed by atoms with van der Waals surface area (Å²) in [7, 11) is 0. The summed E-state index contributed by atoms with van der Waals surface area (Å²) >= 11 is 12.0. The van der Waals surface area contributed by atoms with Gasteiger partial charge in [-0.15, -0.1) is 0 Å². The number of halogens is 2. The van der Waals surface area contributed by atoms with E-state index in [0.717, 1.165) is 5.56 Å². The van der Waals surface area contributed by atoms with Crippen molar-refractivity contribution in [2.75, 3.05) is 6.54 Å². The van der Waals surface area contributed by atoms with Crippen molar-refractivity contribution in [3.8, 4) is 0 Å². The van der Waals surface area contributed by atoms with Crippen LogP contribution in [-0.2, 0) is 6.42 Å². The van der Waals surface area contributed by atoms with E-state index in [9.17, 15) is 9.59 Å². The summed E-state index contributed by atoms with van der Waals surface area (Å²) in [4.78, 5) is 24.3. The summed E-state index contributed by atoms with van der Waals surface area (Å²) < 4.78 is 0. The van der Waals surface area contributed by atoms with Gasteiger partial charge in [0.1, 0.15) is 0 Å². The Hall–Kier alpha value is -2.04. The smallest absolute Gasteiger partial charge is 0.251 e. The van der Waals surface area contributed by atoms with Crippen LogP contribution in [0.2, 0.25) is 10.0 Å². The molecule has 6 heteroatoms. The topological polar surface area (TPSA) is 58.2 Å². The van der Waals surface area contributed by atoms with Gasteiger partial charge in [0.25, 0.3) is 11.8 Å². The molecule has 0 aliphatic rings. The zero-order chi connectivity index (χ0) is 19.3. The first-order valence-corrected chi connectivity index (χ1v) is 9.06. The lowest BCUT2D eigenvalue weighted by Gasteiger charge is -2.20. The first-order valence-electron chi connectivity index (χ1n) is 8.30. The van der Waals surface area contributed by atoms with E-state index in [4.69, 9.17) is 23.2 Å². The van der Waals surface area contributed by atoms with Crippen LogP contribution in [-0.4, -0.2) is 23.9 Å². The van der Waals surface area contributed by atoms with Gasteiger partial charge in [-0.1, -0.05) is 29.3 Å². The molecule has 2 N–H and O–H groups in total. The highest BCUT2D eigenvalue weighted by molar-refractivity contribution is 6.35. The van der Waals surface area contributed by atoms with Gasteiger partial charge < -0.3 is 10.6 Å². The summed E-state index contributed by atoms with van der Waals surface area (Å²) in [5.74, 6) is -0.361. The average Bonchev–Trinajstić information content (AvgIpc) is 2.55. The van der Waals surface area contributed by atoms with Crippen molar-refractivity contribution in [2.45, 2.75) is 32.7 Å². The van der Waals surface area contributed by atoms with Gasteiger partial charge in [0.15, 0.2) is 0 Å². The second kappa shape index (κ2) is 8.56. The molecule has 4 nitrogen and oxygen atoms in total. The van der Waals surface area contributed by atoms with Crippen molar-refractivity contribution in [1.29, 1.82) is 0 Å². The van der Waals surface area contributed by atoms with Crippen LogP contribution < -0.4 is 10.6 Å². The van der Waals surface area contributed by atoms with Crippen LogP contribution in [0.5, 0.6) is 0 Å². The molecular formula is C20H22Cl2N2O2. The van der Waals surface area contributed by atoms with Crippen LogP contribution in [0.15, 0.2) is 42.5 Å². The van der Waals surface area contributed by atoms with Gasteiger partial charge in [-0.05, 0) is 69.2 Å². The summed E-state index contributed by atoms with van der Waals surface area (Å²) in [6.45, 7) is 6.20. The largest absolute Gasteiger partial charge is 0.352 e. The minimum atomic E-state index is -0.309. The van der Waals surface area contributed by atoms with E-state index in [2.05, 4.69) is 10.6 Å². The first-order chi connectivity index (χ1) is 12.2. The Balaban J connectivity index is 1.90. The van der Waals surface area contributed by atoms with E-state index in [0.29, 0.717) is 34.1 Å². The fraction of sp³-hybridized carbons (Fsp3) is 0.300. The van der Waals surface area contributed by atoms with E-state index in [-0.39, 0.29) is 17.4 Å². The molecule has 0 unspecified atom stereocenters. The van der Waals surface area contributed by atoms with Crippen molar-refractivity contribution in [1.82, 2.24) is 10.6 Å². The molecule has 0 aliphatic carbocycles. The van der Waals surface area contributed by atoms with Crippen LogP contribution >= 0.6 is 23.2 Å². The van der Waals surface area contributed by atoms with Gasteiger partial charge >= 0.3 is 0 Å². The summed E-state index contributed by atoms with van der Waals surface area (Å²) in [5, 5.41) is 6.90. The monoisotopic (exact) mass is 392 g/mol. The number of amides is 2. The van der Waals surface area contributed by atoms with Crippen LogP contribution in [0, 0.1) is 0 Å². The summed E-state index contributed by atoms with van der Waals surface area (Å²) in [5.41, 5.74) is 1.63.